The fourth-order valence-electron chi connectivity index (χ4n) is 3.72. The van der Waals surface area contributed by atoms with Crippen molar-refractivity contribution in [3.63, 3.8) is 0 Å². The summed E-state index contributed by atoms with van der Waals surface area (Å²) in [7, 11) is -3.74. The van der Waals surface area contributed by atoms with Gasteiger partial charge in [0.1, 0.15) is 5.82 Å². The van der Waals surface area contributed by atoms with E-state index in [1.165, 1.54) is 12.1 Å². The third-order valence-electron chi connectivity index (χ3n) is 5.40. The SMILES string of the molecule is CC(C)n1ncc2cc(C(=O)N3CCC(NS(=O)(=O)c4ccc(F)cc4)CC3)cnc21. The molecular weight excluding hydrogens is 421 g/mol. The lowest BCUT2D eigenvalue weighted by Gasteiger charge is -2.32. The molecule has 1 fully saturated rings. The molecule has 0 unspecified atom stereocenters. The van der Waals surface area contributed by atoms with Gasteiger partial charge >= 0.3 is 0 Å². The number of likely N-dealkylation sites (tertiary alicyclic amines) is 1. The van der Waals surface area contributed by atoms with Crippen molar-refractivity contribution in [2.45, 2.75) is 43.7 Å². The molecule has 3 heterocycles. The summed E-state index contributed by atoms with van der Waals surface area (Å²) < 4.78 is 42.5. The van der Waals surface area contributed by atoms with Crippen LogP contribution in [0, 0.1) is 5.82 Å². The summed E-state index contributed by atoms with van der Waals surface area (Å²) >= 11 is 0. The topological polar surface area (TPSA) is 97.2 Å². The van der Waals surface area contributed by atoms with Gasteiger partial charge in [-0.15, -0.1) is 0 Å². The zero-order chi connectivity index (χ0) is 22.2. The number of hydrogen-bond acceptors (Lipinski definition) is 5. The normalized spacial score (nSPS) is 15.7. The van der Waals surface area contributed by atoms with Crippen LogP contribution in [0.5, 0.6) is 0 Å². The van der Waals surface area contributed by atoms with Crippen LogP contribution in [0.15, 0.2) is 47.6 Å². The van der Waals surface area contributed by atoms with Gasteiger partial charge in [-0.05, 0) is 57.0 Å². The maximum absolute atomic E-state index is 13.1. The lowest BCUT2D eigenvalue weighted by Crippen LogP contribution is -2.46. The second-order valence-electron chi connectivity index (χ2n) is 7.96. The number of carbonyl (C=O) groups is 1. The molecule has 1 N–H and O–H groups in total. The molecule has 1 aliphatic rings. The van der Waals surface area contributed by atoms with Gasteiger partial charge in [-0.25, -0.2) is 27.2 Å². The summed E-state index contributed by atoms with van der Waals surface area (Å²) in [5.41, 5.74) is 1.22. The number of hydrogen-bond donors (Lipinski definition) is 1. The van der Waals surface area contributed by atoms with Crippen LogP contribution in [0.1, 0.15) is 43.1 Å². The van der Waals surface area contributed by atoms with Crippen LogP contribution in [0.25, 0.3) is 11.0 Å². The van der Waals surface area contributed by atoms with Crippen LogP contribution < -0.4 is 4.72 Å². The first kappa shape index (κ1) is 21.4. The molecule has 0 spiro atoms. The van der Waals surface area contributed by atoms with Crippen molar-refractivity contribution in [2.24, 2.45) is 0 Å². The van der Waals surface area contributed by atoms with Gasteiger partial charge in [0.15, 0.2) is 5.65 Å². The van der Waals surface area contributed by atoms with Crippen molar-refractivity contribution in [1.82, 2.24) is 24.4 Å². The highest BCUT2D eigenvalue weighted by Crippen LogP contribution is 2.20. The zero-order valence-corrected chi connectivity index (χ0v) is 18.1. The van der Waals surface area contributed by atoms with Crippen molar-refractivity contribution in [1.29, 1.82) is 0 Å². The molecule has 0 bridgehead atoms. The van der Waals surface area contributed by atoms with E-state index < -0.39 is 15.8 Å². The van der Waals surface area contributed by atoms with Gasteiger partial charge in [0.2, 0.25) is 10.0 Å². The average molecular weight is 446 g/mol. The molecule has 1 saturated heterocycles. The molecule has 2 aromatic heterocycles. The number of rotatable bonds is 5. The molecule has 1 aliphatic heterocycles. The number of benzene rings is 1. The molecule has 1 amide bonds. The summed E-state index contributed by atoms with van der Waals surface area (Å²) in [5, 5.41) is 5.13. The van der Waals surface area contributed by atoms with Gasteiger partial charge in [-0.3, -0.25) is 4.79 Å². The van der Waals surface area contributed by atoms with E-state index in [0.29, 0.717) is 31.5 Å². The van der Waals surface area contributed by atoms with Crippen LogP contribution in [-0.4, -0.2) is 53.1 Å². The van der Waals surface area contributed by atoms with E-state index in [2.05, 4.69) is 14.8 Å². The lowest BCUT2D eigenvalue weighted by atomic mass is 10.1. The number of amides is 1. The Bertz CT molecular complexity index is 1200. The number of aromatic nitrogens is 3. The maximum Gasteiger partial charge on any atom is 0.255 e. The van der Waals surface area contributed by atoms with Crippen molar-refractivity contribution >= 4 is 27.0 Å². The van der Waals surface area contributed by atoms with E-state index >= 15 is 0 Å². The summed E-state index contributed by atoms with van der Waals surface area (Å²) in [6, 6.07) is 6.38. The van der Waals surface area contributed by atoms with E-state index in [4.69, 9.17) is 0 Å². The summed E-state index contributed by atoms with van der Waals surface area (Å²) in [4.78, 5) is 19.1. The quantitative estimate of drug-likeness (QED) is 0.651. The van der Waals surface area contributed by atoms with Crippen molar-refractivity contribution in [3.05, 3.63) is 54.1 Å². The highest BCUT2D eigenvalue weighted by Gasteiger charge is 2.27. The molecule has 0 saturated carbocycles. The first-order chi connectivity index (χ1) is 14.7. The monoisotopic (exact) mass is 445 g/mol. The minimum atomic E-state index is -3.74. The smallest absolute Gasteiger partial charge is 0.255 e. The molecule has 10 heteroatoms. The number of piperidine rings is 1. The Morgan fingerprint density at radius 2 is 1.84 bits per heavy atom. The fraction of sp³-hybridized carbons (Fsp3) is 0.381. The number of fused-ring (bicyclic) bond motifs is 1. The maximum atomic E-state index is 13.1. The largest absolute Gasteiger partial charge is 0.338 e. The van der Waals surface area contributed by atoms with Gasteiger partial charge in [0.05, 0.1) is 16.7 Å². The molecule has 1 aromatic carbocycles. The number of nitrogens with zero attached hydrogens (tertiary/aromatic N) is 4. The molecular formula is C21H24FN5O3S. The first-order valence-corrected chi connectivity index (χ1v) is 11.6. The highest BCUT2D eigenvalue weighted by atomic mass is 32.2. The molecule has 31 heavy (non-hydrogen) atoms. The van der Waals surface area contributed by atoms with E-state index in [0.717, 1.165) is 23.2 Å². The number of pyridine rings is 1. The molecule has 164 valence electrons. The Balaban J connectivity index is 1.40. The Kier molecular flexibility index (Phi) is 5.76. The van der Waals surface area contributed by atoms with E-state index in [1.807, 2.05) is 18.5 Å². The van der Waals surface area contributed by atoms with Gasteiger partial charge in [-0.1, -0.05) is 0 Å². The van der Waals surface area contributed by atoms with Gasteiger partial charge in [0.25, 0.3) is 5.91 Å². The lowest BCUT2D eigenvalue weighted by molar-refractivity contribution is 0.0711. The molecule has 0 radical (unpaired) electrons. The third kappa shape index (κ3) is 4.45. The molecule has 0 atom stereocenters. The number of carbonyl (C=O) groups excluding carboxylic acids is 1. The Labute approximate surface area is 180 Å². The highest BCUT2D eigenvalue weighted by molar-refractivity contribution is 7.89. The van der Waals surface area contributed by atoms with Crippen molar-refractivity contribution in [2.75, 3.05) is 13.1 Å². The second-order valence-corrected chi connectivity index (χ2v) is 9.68. The van der Waals surface area contributed by atoms with Crippen LogP contribution in [0.2, 0.25) is 0 Å². The standard InChI is InChI=1S/C21H24FN5O3S/c1-14(2)27-20-15(13-24-27)11-16(12-23-20)21(28)26-9-7-18(8-10-26)25-31(29,30)19-5-3-17(22)4-6-19/h3-6,11-14,18,25H,7-10H2,1-2H3. The minimum absolute atomic E-state index is 0.0220. The van der Waals surface area contributed by atoms with Gasteiger partial charge in [0, 0.05) is 36.8 Å². The summed E-state index contributed by atoms with van der Waals surface area (Å²) in [6.45, 7) is 4.89. The summed E-state index contributed by atoms with van der Waals surface area (Å²) in [5.74, 6) is -0.624. The van der Waals surface area contributed by atoms with Crippen LogP contribution >= 0.6 is 0 Å². The van der Waals surface area contributed by atoms with Crippen molar-refractivity contribution < 1.29 is 17.6 Å². The van der Waals surface area contributed by atoms with Crippen molar-refractivity contribution in [3.8, 4) is 0 Å². The Morgan fingerprint density at radius 1 is 1.16 bits per heavy atom. The van der Waals surface area contributed by atoms with E-state index in [1.54, 1.807) is 23.4 Å². The zero-order valence-electron chi connectivity index (χ0n) is 17.3. The van der Waals surface area contributed by atoms with E-state index in [9.17, 15) is 17.6 Å². The fourth-order valence-corrected chi connectivity index (χ4v) is 5.02. The minimum Gasteiger partial charge on any atom is -0.338 e. The number of sulfonamides is 1. The predicted molar refractivity (Wildman–Crippen MR) is 114 cm³/mol. The average Bonchev–Trinajstić information content (AvgIpc) is 3.17. The van der Waals surface area contributed by atoms with Crippen LogP contribution in [0.3, 0.4) is 0 Å². The Morgan fingerprint density at radius 3 is 2.48 bits per heavy atom. The van der Waals surface area contributed by atoms with E-state index in [-0.39, 0.29) is 22.9 Å². The number of halogens is 1. The molecule has 4 rings (SSSR count). The molecule has 3 aromatic rings. The second kappa shape index (κ2) is 8.35. The number of nitrogens with one attached hydrogen (secondary N) is 1. The predicted octanol–water partition coefficient (Wildman–Crippen LogP) is 2.73. The first-order valence-electron chi connectivity index (χ1n) is 10.1. The third-order valence-corrected chi connectivity index (χ3v) is 6.93. The molecule has 8 nitrogen and oxygen atoms in total. The summed E-state index contributed by atoms with van der Waals surface area (Å²) in [6.07, 6.45) is 4.25. The Hall–Kier alpha value is -2.85. The molecule has 0 aliphatic carbocycles. The van der Waals surface area contributed by atoms with Crippen LogP contribution in [0.4, 0.5) is 4.39 Å². The van der Waals surface area contributed by atoms with Crippen LogP contribution in [-0.2, 0) is 10.0 Å². The van der Waals surface area contributed by atoms with Gasteiger partial charge in [-0.2, -0.15) is 5.10 Å². The van der Waals surface area contributed by atoms with Gasteiger partial charge < -0.3 is 4.90 Å².